The van der Waals surface area contributed by atoms with Crippen molar-refractivity contribution in [3.8, 4) is 40.3 Å². The molecule has 4 aromatic rings. The Morgan fingerprint density at radius 3 is 2.50 bits per heavy atom. The summed E-state index contributed by atoms with van der Waals surface area (Å²) in [5.74, 6) is 0.793. The number of hydrogen-bond acceptors (Lipinski definition) is 7. The number of ether oxygens (including phenoxy) is 3. The van der Waals surface area contributed by atoms with E-state index < -0.39 is 11.8 Å². The van der Waals surface area contributed by atoms with Gasteiger partial charge in [-0.25, -0.2) is 4.68 Å². The van der Waals surface area contributed by atoms with Crippen LogP contribution in [0.5, 0.6) is 17.2 Å². The number of aromatic nitrogens is 2. The lowest BCUT2D eigenvalue weighted by Gasteiger charge is -2.27. The van der Waals surface area contributed by atoms with Gasteiger partial charge < -0.3 is 14.2 Å². The molecule has 3 aromatic carbocycles. The van der Waals surface area contributed by atoms with Crippen LogP contribution in [0.15, 0.2) is 95.7 Å². The summed E-state index contributed by atoms with van der Waals surface area (Å²) in [5.41, 5.74) is 4.15. The number of fused-ring (bicyclic) bond motifs is 1. The van der Waals surface area contributed by atoms with Gasteiger partial charge in [-0.1, -0.05) is 50.5 Å². The molecule has 0 aliphatic carbocycles. The second-order valence-electron chi connectivity index (χ2n) is 11.2. The molecule has 0 atom stereocenters. The largest absolute Gasteiger partial charge is 0.494 e. The minimum absolute atomic E-state index is 0.0276. The lowest BCUT2D eigenvalue weighted by Crippen LogP contribution is -2.42. The van der Waals surface area contributed by atoms with Gasteiger partial charge in [-0.3, -0.25) is 14.5 Å². The van der Waals surface area contributed by atoms with Gasteiger partial charge in [0.2, 0.25) is 6.79 Å². The predicted octanol–water partition coefficient (Wildman–Crippen LogP) is 7.02. The highest BCUT2D eigenvalue weighted by atomic mass is 16.7. The molecule has 3 heterocycles. The van der Waals surface area contributed by atoms with E-state index in [2.05, 4.69) is 6.92 Å². The van der Waals surface area contributed by atoms with Crippen LogP contribution in [-0.2, 0) is 16.1 Å². The second-order valence-corrected chi connectivity index (χ2v) is 11.2. The third-order valence-corrected chi connectivity index (χ3v) is 8.06. The van der Waals surface area contributed by atoms with Gasteiger partial charge in [0.1, 0.15) is 17.4 Å². The minimum Gasteiger partial charge on any atom is -0.494 e. The number of carbonyl (C=O) groups is 2. The second kappa shape index (κ2) is 13.6. The average Bonchev–Trinajstić information content (AvgIpc) is 3.73. The molecule has 2 amide bonds. The van der Waals surface area contributed by atoms with E-state index in [1.54, 1.807) is 35.9 Å². The number of hydrogen-bond donors (Lipinski definition) is 0. The number of unbranched alkanes of at least 4 members (excludes halogenated alkanes) is 3. The highest BCUT2D eigenvalue weighted by Gasteiger charge is 2.36. The number of para-hydroxylation sites is 1. The Kier molecular flexibility index (Phi) is 8.97. The molecule has 0 bridgehead atoms. The fourth-order valence-electron chi connectivity index (χ4n) is 5.51. The fraction of sp³-hybridized carbons (Fsp3) is 0.243. The van der Waals surface area contributed by atoms with Gasteiger partial charge in [0.05, 0.1) is 24.5 Å². The number of imide groups is 1. The Bertz CT molecular complexity index is 1870. The van der Waals surface area contributed by atoms with Gasteiger partial charge in [-0.2, -0.15) is 10.4 Å². The van der Waals surface area contributed by atoms with E-state index in [9.17, 15) is 14.9 Å². The van der Waals surface area contributed by atoms with E-state index in [0.717, 1.165) is 34.7 Å². The first-order valence-electron chi connectivity index (χ1n) is 15.4. The SMILES string of the molecule is CCCCCCOc1ccc(-c2nn(-c3ccccc3)cc2/C=C2/C(=O)N(Cc3ccc4c(c3)OCO4)C(=O)C(C#N)=C2C)cc1. The van der Waals surface area contributed by atoms with Crippen molar-refractivity contribution in [2.45, 2.75) is 46.1 Å². The molecule has 9 heteroatoms. The summed E-state index contributed by atoms with van der Waals surface area (Å²) in [5, 5.41) is 14.9. The number of amides is 2. The van der Waals surface area contributed by atoms with Gasteiger partial charge in [0.25, 0.3) is 11.8 Å². The molecular formula is C37H34N4O5. The van der Waals surface area contributed by atoms with Crippen molar-refractivity contribution in [2.24, 2.45) is 0 Å². The first kappa shape index (κ1) is 30.4. The van der Waals surface area contributed by atoms with Crippen molar-refractivity contribution in [3.05, 3.63) is 107 Å². The summed E-state index contributed by atoms with van der Waals surface area (Å²) in [6, 6.07) is 24.7. The van der Waals surface area contributed by atoms with Crippen molar-refractivity contribution in [1.82, 2.24) is 14.7 Å². The first-order chi connectivity index (χ1) is 22.5. The molecule has 0 N–H and O–H groups in total. The van der Waals surface area contributed by atoms with Gasteiger partial charge in [0.15, 0.2) is 11.5 Å². The number of nitriles is 1. The zero-order valence-electron chi connectivity index (χ0n) is 25.9. The Hall–Kier alpha value is -5.62. The molecule has 1 aromatic heterocycles. The Morgan fingerprint density at radius 2 is 1.74 bits per heavy atom. The van der Waals surface area contributed by atoms with Gasteiger partial charge >= 0.3 is 0 Å². The molecule has 0 saturated carbocycles. The molecule has 6 rings (SSSR count). The maximum absolute atomic E-state index is 14.0. The van der Waals surface area contributed by atoms with Crippen molar-refractivity contribution in [1.29, 1.82) is 5.26 Å². The fourth-order valence-corrected chi connectivity index (χ4v) is 5.51. The summed E-state index contributed by atoms with van der Waals surface area (Å²) in [7, 11) is 0. The molecule has 0 radical (unpaired) electrons. The van der Waals surface area contributed by atoms with Crippen LogP contribution in [0, 0.1) is 11.3 Å². The number of carbonyl (C=O) groups excluding carboxylic acids is 2. The zero-order valence-corrected chi connectivity index (χ0v) is 25.9. The number of benzene rings is 3. The van der Waals surface area contributed by atoms with Crippen molar-refractivity contribution < 1.29 is 23.8 Å². The monoisotopic (exact) mass is 614 g/mol. The van der Waals surface area contributed by atoms with E-state index in [1.807, 2.05) is 66.9 Å². The summed E-state index contributed by atoms with van der Waals surface area (Å²) >= 11 is 0. The lowest BCUT2D eigenvalue weighted by molar-refractivity contribution is -0.141. The third kappa shape index (κ3) is 6.28. The molecular weight excluding hydrogens is 580 g/mol. The predicted molar refractivity (Wildman–Crippen MR) is 173 cm³/mol. The van der Waals surface area contributed by atoms with Crippen LogP contribution in [0.2, 0.25) is 0 Å². The van der Waals surface area contributed by atoms with Crippen molar-refractivity contribution in [2.75, 3.05) is 13.4 Å². The maximum atomic E-state index is 14.0. The highest BCUT2D eigenvalue weighted by Crippen LogP contribution is 2.35. The molecule has 232 valence electrons. The standard InChI is InChI=1S/C37H34N4O5/c1-3-4-5-9-18-44-30-15-13-27(14-16-30)35-28(23-41(39-35)29-10-7-6-8-11-29)20-31-25(2)32(21-38)37(43)40(36(31)42)22-26-12-17-33-34(19-26)46-24-45-33/h6-8,10-17,19-20,23H,3-5,9,18,22,24H2,1-2H3/b31-20+. The Labute approximate surface area is 267 Å². The molecule has 0 saturated heterocycles. The Balaban J connectivity index is 1.36. The quantitative estimate of drug-likeness (QED) is 0.102. The molecule has 2 aliphatic heterocycles. The summed E-state index contributed by atoms with van der Waals surface area (Å²) < 4.78 is 18.6. The lowest BCUT2D eigenvalue weighted by atomic mass is 9.93. The molecule has 0 fully saturated rings. The first-order valence-corrected chi connectivity index (χ1v) is 15.4. The number of rotatable bonds is 11. The molecule has 0 spiro atoms. The van der Waals surface area contributed by atoms with Crippen LogP contribution in [0.25, 0.3) is 23.0 Å². The summed E-state index contributed by atoms with van der Waals surface area (Å²) in [4.78, 5) is 28.4. The maximum Gasteiger partial charge on any atom is 0.271 e. The van der Waals surface area contributed by atoms with Gasteiger partial charge in [0, 0.05) is 22.9 Å². The third-order valence-electron chi connectivity index (χ3n) is 8.06. The Morgan fingerprint density at radius 1 is 0.957 bits per heavy atom. The topological polar surface area (TPSA) is 107 Å². The van der Waals surface area contributed by atoms with E-state index >= 15 is 0 Å². The minimum atomic E-state index is -0.634. The molecule has 2 aliphatic rings. The van der Waals surface area contributed by atoms with E-state index in [-0.39, 0.29) is 24.5 Å². The summed E-state index contributed by atoms with van der Waals surface area (Å²) in [6.45, 7) is 4.56. The van der Waals surface area contributed by atoms with Crippen molar-refractivity contribution in [3.63, 3.8) is 0 Å². The number of nitrogens with zero attached hydrogens (tertiary/aromatic N) is 4. The molecule has 0 unspecified atom stereocenters. The average molecular weight is 615 g/mol. The van der Waals surface area contributed by atoms with Gasteiger partial charge in [-0.05, 0) is 79.1 Å². The van der Waals surface area contributed by atoms with E-state index in [0.29, 0.717) is 40.5 Å². The van der Waals surface area contributed by atoms with Crippen LogP contribution < -0.4 is 14.2 Å². The molecule has 9 nitrogen and oxygen atoms in total. The smallest absolute Gasteiger partial charge is 0.271 e. The summed E-state index contributed by atoms with van der Waals surface area (Å²) in [6.07, 6.45) is 8.09. The van der Waals surface area contributed by atoms with Crippen LogP contribution in [0.1, 0.15) is 50.7 Å². The van der Waals surface area contributed by atoms with Crippen LogP contribution in [0.3, 0.4) is 0 Å². The molecule has 46 heavy (non-hydrogen) atoms. The zero-order chi connectivity index (χ0) is 32.0. The van der Waals surface area contributed by atoms with Crippen LogP contribution >= 0.6 is 0 Å². The normalized spacial score (nSPS) is 15.1. The van der Waals surface area contributed by atoms with Crippen molar-refractivity contribution >= 4 is 17.9 Å². The van der Waals surface area contributed by atoms with Gasteiger partial charge in [-0.15, -0.1) is 0 Å². The van der Waals surface area contributed by atoms with E-state index in [4.69, 9.17) is 19.3 Å². The van der Waals surface area contributed by atoms with E-state index in [1.165, 1.54) is 12.8 Å². The van der Waals surface area contributed by atoms with Crippen LogP contribution in [0.4, 0.5) is 0 Å². The highest BCUT2D eigenvalue weighted by molar-refractivity contribution is 6.19. The van der Waals surface area contributed by atoms with Crippen LogP contribution in [-0.4, -0.2) is 39.9 Å².